The summed E-state index contributed by atoms with van der Waals surface area (Å²) in [6.45, 7) is 8.43. The number of nitrogens with one attached hydrogen (secondary N) is 1. The zero-order chi connectivity index (χ0) is 12.8. The van der Waals surface area contributed by atoms with Gasteiger partial charge >= 0.3 is 0 Å². The SMILES string of the molecule is CCc1nc(N(C)C)ncc1CNCC(C)C. The molecule has 0 spiro atoms. The van der Waals surface area contributed by atoms with E-state index in [-0.39, 0.29) is 0 Å². The van der Waals surface area contributed by atoms with Crippen LogP contribution in [0.25, 0.3) is 0 Å². The van der Waals surface area contributed by atoms with Gasteiger partial charge in [-0.15, -0.1) is 0 Å². The van der Waals surface area contributed by atoms with Crippen molar-refractivity contribution < 1.29 is 0 Å². The maximum absolute atomic E-state index is 4.56. The molecular weight excluding hydrogens is 212 g/mol. The third-order valence-corrected chi connectivity index (χ3v) is 2.54. The third-order valence-electron chi connectivity index (χ3n) is 2.54. The molecular formula is C13H24N4. The molecule has 0 amide bonds. The van der Waals surface area contributed by atoms with Gasteiger partial charge < -0.3 is 10.2 Å². The molecule has 1 N–H and O–H groups in total. The second kappa shape index (κ2) is 6.55. The summed E-state index contributed by atoms with van der Waals surface area (Å²) in [4.78, 5) is 10.9. The maximum Gasteiger partial charge on any atom is 0.225 e. The molecule has 0 radical (unpaired) electrons. The summed E-state index contributed by atoms with van der Waals surface area (Å²) in [5, 5.41) is 3.43. The van der Waals surface area contributed by atoms with E-state index < -0.39 is 0 Å². The molecule has 96 valence electrons. The van der Waals surface area contributed by atoms with Crippen molar-refractivity contribution in [2.75, 3.05) is 25.5 Å². The Balaban J connectivity index is 2.71. The van der Waals surface area contributed by atoms with E-state index in [2.05, 4.69) is 36.1 Å². The minimum Gasteiger partial charge on any atom is -0.347 e. The number of aromatic nitrogens is 2. The highest BCUT2D eigenvalue weighted by molar-refractivity contribution is 5.31. The lowest BCUT2D eigenvalue weighted by molar-refractivity contribution is 0.549. The van der Waals surface area contributed by atoms with Crippen LogP contribution in [0.15, 0.2) is 6.20 Å². The van der Waals surface area contributed by atoms with Crippen molar-refractivity contribution in [1.29, 1.82) is 0 Å². The van der Waals surface area contributed by atoms with Crippen LogP contribution in [0.1, 0.15) is 32.0 Å². The molecule has 0 unspecified atom stereocenters. The first-order chi connectivity index (χ1) is 8.04. The Morgan fingerprint density at radius 3 is 2.59 bits per heavy atom. The molecule has 0 atom stereocenters. The van der Waals surface area contributed by atoms with Gasteiger partial charge in [-0.2, -0.15) is 0 Å². The highest BCUT2D eigenvalue weighted by Gasteiger charge is 2.06. The number of anilines is 1. The van der Waals surface area contributed by atoms with Crippen molar-refractivity contribution in [1.82, 2.24) is 15.3 Å². The van der Waals surface area contributed by atoms with Crippen LogP contribution in [0.5, 0.6) is 0 Å². The van der Waals surface area contributed by atoms with Gasteiger partial charge in [0.05, 0.1) is 5.69 Å². The second-order valence-corrected chi connectivity index (χ2v) is 4.91. The predicted molar refractivity (Wildman–Crippen MR) is 72.3 cm³/mol. The Morgan fingerprint density at radius 2 is 2.06 bits per heavy atom. The summed E-state index contributed by atoms with van der Waals surface area (Å²) in [6, 6.07) is 0. The van der Waals surface area contributed by atoms with Crippen molar-refractivity contribution in [3.05, 3.63) is 17.5 Å². The van der Waals surface area contributed by atoms with Crippen molar-refractivity contribution in [2.45, 2.75) is 33.7 Å². The Bertz CT molecular complexity index is 347. The molecule has 4 nitrogen and oxygen atoms in total. The van der Waals surface area contributed by atoms with Crippen LogP contribution >= 0.6 is 0 Å². The molecule has 1 aromatic heterocycles. The monoisotopic (exact) mass is 236 g/mol. The summed E-state index contributed by atoms with van der Waals surface area (Å²) in [5.74, 6) is 1.46. The largest absolute Gasteiger partial charge is 0.347 e. The van der Waals surface area contributed by atoms with Gasteiger partial charge in [0.15, 0.2) is 0 Å². The average molecular weight is 236 g/mol. The number of rotatable bonds is 6. The molecule has 1 heterocycles. The maximum atomic E-state index is 4.56. The van der Waals surface area contributed by atoms with E-state index in [0.29, 0.717) is 5.92 Å². The molecule has 0 aromatic carbocycles. The summed E-state index contributed by atoms with van der Waals surface area (Å²) >= 11 is 0. The standard InChI is InChI=1S/C13H24N4/c1-6-12-11(8-14-7-10(2)3)9-15-13(16-12)17(4)5/h9-10,14H,6-8H2,1-5H3. The Kier molecular flexibility index (Phi) is 5.35. The molecule has 1 aromatic rings. The van der Waals surface area contributed by atoms with Crippen molar-refractivity contribution >= 4 is 5.95 Å². The topological polar surface area (TPSA) is 41.1 Å². The molecule has 0 saturated heterocycles. The zero-order valence-corrected chi connectivity index (χ0v) is 11.6. The van der Waals surface area contributed by atoms with Gasteiger partial charge in [-0.3, -0.25) is 0 Å². The van der Waals surface area contributed by atoms with E-state index in [1.54, 1.807) is 0 Å². The van der Waals surface area contributed by atoms with E-state index in [1.165, 1.54) is 5.56 Å². The third kappa shape index (κ3) is 4.30. The van der Waals surface area contributed by atoms with Crippen LogP contribution in [-0.4, -0.2) is 30.6 Å². The average Bonchev–Trinajstić information content (AvgIpc) is 2.28. The molecule has 4 heteroatoms. The molecule has 0 aliphatic carbocycles. The van der Waals surface area contributed by atoms with Crippen LogP contribution in [0.3, 0.4) is 0 Å². The lowest BCUT2D eigenvalue weighted by Crippen LogP contribution is -2.21. The lowest BCUT2D eigenvalue weighted by Gasteiger charge is -2.14. The van der Waals surface area contributed by atoms with Gasteiger partial charge in [0, 0.05) is 32.4 Å². The molecule has 0 fully saturated rings. The predicted octanol–water partition coefficient (Wildman–Crippen LogP) is 1.85. The lowest BCUT2D eigenvalue weighted by atomic mass is 10.1. The first kappa shape index (κ1) is 13.9. The molecule has 0 aliphatic rings. The van der Waals surface area contributed by atoms with E-state index in [0.717, 1.165) is 31.2 Å². The normalized spacial score (nSPS) is 10.9. The van der Waals surface area contributed by atoms with Crippen LogP contribution < -0.4 is 10.2 Å². The number of hydrogen-bond acceptors (Lipinski definition) is 4. The van der Waals surface area contributed by atoms with E-state index in [1.807, 2.05) is 25.2 Å². The fourth-order valence-electron chi connectivity index (χ4n) is 1.60. The highest BCUT2D eigenvalue weighted by Crippen LogP contribution is 2.10. The quantitative estimate of drug-likeness (QED) is 0.818. The minimum atomic E-state index is 0.669. The van der Waals surface area contributed by atoms with Gasteiger partial charge in [-0.1, -0.05) is 20.8 Å². The minimum absolute atomic E-state index is 0.669. The van der Waals surface area contributed by atoms with Gasteiger partial charge in [-0.05, 0) is 18.9 Å². The number of nitrogens with zero attached hydrogens (tertiary/aromatic N) is 3. The molecule has 0 saturated carbocycles. The Morgan fingerprint density at radius 1 is 1.35 bits per heavy atom. The summed E-state index contributed by atoms with van der Waals surface area (Å²) < 4.78 is 0. The summed E-state index contributed by atoms with van der Waals surface area (Å²) in [6.07, 6.45) is 2.89. The first-order valence-electron chi connectivity index (χ1n) is 6.27. The van der Waals surface area contributed by atoms with Crippen LogP contribution in [0, 0.1) is 5.92 Å². The van der Waals surface area contributed by atoms with E-state index in [9.17, 15) is 0 Å². The van der Waals surface area contributed by atoms with Crippen molar-refractivity contribution in [3.63, 3.8) is 0 Å². The highest BCUT2D eigenvalue weighted by atomic mass is 15.2. The fraction of sp³-hybridized carbons (Fsp3) is 0.692. The van der Waals surface area contributed by atoms with Crippen molar-refractivity contribution in [2.24, 2.45) is 5.92 Å². The molecule has 0 aliphatic heterocycles. The zero-order valence-electron chi connectivity index (χ0n) is 11.6. The molecule has 0 bridgehead atoms. The number of hydrogen-bond donors (Lipinski definition) is 1. The van der Waals surface area contributed by atoms with Gasteiger partial charge in [0.2, 0.25) is 5.95 Å². The van der Waals surface area contributed by atoms with E-state index in [4.69, 9.17) is 0 Å². The first-order valence-corrected chi connectivity index (χ1v) is 6.27. The molecule has 1 rings (SSSR count). The fourth-order valence-corrected chi connectivity index (χ4v) is 1.60. The van der Waals surface area contributed by atoms with Crippen LogP contribution in [0.2, 0.25) is 0 Å². The second-order valence-electron chi connectivity index (χ2n) is 4.91. The summed E-state index contributed by atoms with van der Waals surface area (Å²) in [5.41, 5.74) is 2.35. The van der Waals surface area contributed by atoms with Crippen LogP contribution in [-0.2, 0) is 13.0 Å². The van der Waals surface area contributed by atoms with Gasteiger partial charge in [-0.25, -0.2) is 9.97 Å². The van der Waals surface area contributed by atoms with Gasteiger partial charge in [0.1, 0.15) is 0 Å². The molecule has 17 heavy (non-hydrogen) atoms. The summed E-state index contributed by atoms with van der Waals surface area (Å²) in [7, 11) is 3.93. The van der Waals surface area contributed by atoms with E-state index >= 15 is 0 Å². The van der Waals surface area contributed by atoms with Crippen LogP contribution in [0.4, 0.5) is 5.95 Å². The number of aryl methyl sites for hydroxylation is 1. The Labute approximate surface area is 104 Å². The van der Waals surface area contributed by atoms with Gasteiger partial charge in [0.25, 0.3) is 0 Å². The van der Waals surface area contributed by atoms with Crippen molar-refractivity contribution in [3.8, 4) is 0 Å². The Hall–Kier alpha value is -1.16. The smallest absolute Gasteiger partial charge is 0.225 e.